The first-order chi connectivity index (χ1) is 11.6. The fraction of sp³-hybridized carbons (Fsp3) is 0.368. The van der Waals surface area contributed by atoms with E-state index in [1.54, 1.807) is 0 Å². The topological polar surface area (TPSA) is 61.4 Å². The largest absolute Gasteiger partial charge is 0.347 e. The van der Waals surface area contributed by atoms with Crippen LogP contribution in [-0.2, 0) is 16.0 Å². The Labute approximate surface area is 142 Å². The molecule has 1 atom stereocenters. The summed E-state index contributed by atoms with van der Waals surface area (Å²) < 4.78 is 0. The highest BCUT2D eigenvalue weighted by Crippen LogP contribution is 2.18. The van der Waals surface area contributed by atoms with Crippen molar-refractivity contribution >= 4 is 22.6 Å². The minimum Gasteiger partial charge on any atom is -0.347 e. The molecule has 0 unspecified atom stereocenters. The lowest BCUT2D eigenvalue weighted by Gasteiger charge is -2.34. The van der Waals surface area contributed by atoms with E-state index in [2.05, 4.69) is 10.6 Å². The van der Waals surface area contributed by atoms with Gasteiger partial charge >= 0.3 is 0 Å². The van der Waals surface area contributed by atoms with Gasteiger partial charge in [-0.05, 0) is 23.3 Å². The molecule has 0 bridgehead atoms. The van der Waals surface area contributed by atoms with Gasteiger partial charge in [0.15, 0.2) is 0 Å². The third-order valence-corrected chi connectivity index (χ3v) is 4.49. The molecule has 126 valence electrons. The summed E-state index contributed by atoms with van der Waals surface area (Å²) in [4.78, 5) is 26.3. The number of benzene rings is 2. The van der Waals surface area contributed by atoms with Crippen molar-refractivity contribution in [3.8, 4) is 0 Å². The maximum atomic E-state index is 12.3. The maximum Gasteiger partial charge on any atom is 0.242 e. The van der Waals surface area contributed by atoms with E-state index in [1.807, 2.05) is 54.3 Å². The summed E-state index contributed by atoms with van der Waals surface area (Å²) in [6.07, 6.45) is 0.283. The Balaban J connectivity index is 1.58. The van der Waals surface area contributed by atoms with Gasteiger partial charge in [-0.3, -0.25) is 9.59 Å². The summed E-state index contributed by atoms with van der Waals surface area (Å²) >= 11 is 0. The average Bonchev–Trinajstić information content (AvgIpc) is 2.60. The van der Waals surface area contributed by atoms with Crippen LogP contribution in [0.4, 0.5) is 0 Å². The number of nitrogens with zero attached hydrogens (tertiary/aromatic N) is 1. The van der Waals surface area contributed by atoms with Crippen LogP contribution in [-0.4, -0.2) is 48.9 Å². The van der Waals surface area contributed by atoms with E-state index in [-0.39, 0.29) is 30.8 Å². The molecule has 0 aromatic heterocycles. The monoisotopic (exact) mass is 325 g/mol. The minimum atomic E-state index is -0.123. The van der Waals surface area contributed by atoms with Gasteiger partial charge in [-0.1, -0.05) is 42.5 Å². The highest BCUT2D eigenvalue weighted by atomic mass is 16.2. The lowest BCUT2D eigenvalue weighted by Crippen LogP contribution is -2.54. The zero-order chi connectivity index (χ0) is 16.9. The molecule has 0 spiro atoms. The summed E-state index contributed by atoms with van der Waals surface area (Å²) in [7, 11) is 0. The van der Waals surface area contributed by atoms with Crippen molar-refractivity contribution in [2.24, 2.45) is 0 Å². The molecule has 0 radical (unpaired) electrons. The van der Waals surface area contributed by atoms with Crippen molar-refractivity contribution in [2.45, 2.75) is 19.4 Å². The number of carbonyl (C=O) groups is 2. The molecular weight excluding hydrogens is 302 g/mol. The van der Waals surface area contributed by atoms with Crippen molar-refractivity contribution in [2.75, 3.05) is 26.2 Å². The normalized spacial score (nSPS) is 17.7. The molecule has 2 N–H and O–H groups in total. The first-order valence-corrected chi connectivity index (χ1v) is 8.38. The van der Waals surface area contributed by atoms with Gasteiger partial charge in [0.1, 0.15) is 0 Å². The molecule has 24 heavy (non-hydrogen) atoms. The predicted molar refractivity (Wildman–Crippen MR) is 94.7 cm³/mol. The quantitative estimate of drug-likeness (QED) is 0.891. The predicted octanol–water partition coefficient (Wildman–Crippen LogP) is 1.32. The summed E-state index contributed by atoms with van der Waals surface area (Å²) in [6.45, 7) is 4.38. The highest BCUT2D eigenvalue weighted by molar-refractivity contribution is 5.91. The number of hydrogen-bond acceptors (Lipinski definition) is 3. The molecule has 2 aromatic rings. The van der Waals surface area contributed by atoms with Crippen molar-refractivity contribution in [3.05, 3.63) is 48.0 Å². The highest BCUT2D eigenvalue weighted by Gasteiger charge is 2.22. The van der Waals surface area contributed by atoms with Gasteiger partial charge in [0.25, 0.3) is 0 Å². The van der Waals surface area contributed by atoms with E-state index >= 15 is 0 Å². The lowest BCUT2D eigenvalue weighted by atomic mass is 10.0. The number of carbonyl (C=O) groups excluding carboxylic acids is 2. The number of nitrogens with one attached hydrogen (secondary N) is 2. The summed E-state index contributed by atoms with van der Waals surface area (Å²) in [6, 6.07) is 14.1. The van der Waals surface area contributed by atoms with Crippen LogP contribution < -0.4 is 10.6 Å². The zero-order valence-corrected chi connectivity index (χ0v) is 13.9. The molecule has 1 fully saturated rings. The van der Waals surface area contributed by atoms with E-state index in [0.717, 1.165) is 29.4 Å². The van der Waals surface area contributed by atoms with Crippen LogP contribution in [0.1, 0.15) is 12.5 Å². The third-order valence-electron chi connectivity index (χ3n) is 4.49. The lowest BCUT2D eigenvalue weighted by molar-refractivity contribution is -0.135. The summed E-state index contributed by atoms with van der Waals surface area (Å²) in [5.41, 5.74) is 0.980. The van der Waals surface area contributed by atoms with Crippen molar-refractivity contribution in [1.29, 1.82) is 0 Å². The van der Waals surface area contributed by atoms with Crippen LogP contribution in [0.25, 0.3) is 10.8 Å². The number of hydrogen-bond donors (Lipinski definition) is 2. The summed E-state index contributed by atoms with van der Waals surface area (Å²) in [5, 5.41) is 8.22. The van der Waals surface area contributed by atoms with Gasteiger partial charge < -0.3 is 15.5 Å². The van der Waals surface area contributed by atoms with E-state index in [9.17, 15) is 9.59 Å². The van der Waals surface area contributed by atoms with Crippen molar-refractivity contribution in [1.82, 2.24) is 15.5 Å². The number of piperazine rings is 1. The van der Waals surface area contributed by atoms with Gasteiger partial charge in [0.2, 0.25) is 11.8 Å². The number of fused-ring (bicyclic) bond motifs is 1. The van der Waals surface area contributed by atoms with Gasteiger partial charge in [-0.15, -0.1) is 0 Å². The van der Waals surface area contributed by atoms with Crippen LogP contribution >= 0.6 is 0 Å². The second kappa shape index (κ2) is 7.45. The van der Waals surface area contributed by atoms with Gasteiger partial charge in [0, 0.05) is 25.7 Å². The minimum absolute atomic E-state index is 0.0183. The maximum absolute atomic E-state index is 12.3. The third kappa shape index (κ3) is 3.74. The molecule has 5 nitrogen and oxygen atoms in total. The van der Waals surface area contributed by atoms with E-state index in [0.29, 0.717) is 6.54 Å². The Morgan fingerprint density at radius 3 is 2.83 bits per heavy atom. The summed E-state index contributed by atoms with van der Waals surface area (Å²) in [5.74, 6) is -0.141. The van der Waals surface area contributed by atoms with Crippen LogP contribution in [0.2, 0.25) is 0 Å². The Morgan fingerprint density at radius 1 is 1.21 bits per heavy atom. The SMILES string of the molecule is C[C@H]1CNCCN1C(=O)CNC(=O)Cc1cccc2ccccc12. The average molecular weight is 325 g/mol. The zero-order valence-electron chi connectivity index (χ0n) is 13.9. The van der Waals surface area contributed by atoms with E-state index < -0.39 is 0 Å². The van der Waals surface area contributed by atoms with E-state index in [4.69, 9.17) is 0 Å². The molecule has 0 saturated carbocycles. The Morgan fingerprint density at radius 2 is 2.00 bits per heavy atom. The Hall–Kier alpha value is -2.40. The van der Waals surface area contributed by atoms with Gasteiger partial charge in [0.05, 0.1) is 13.0 Å². The van der Waals surface area contributed by atoms with Crippen molar-refractivity contribution < 1.29 is 9.59 Å². The molecular formula is C19H23N3O2. The smallest absolute Gasteiger partial charge is 0.242 e. The molecule has 1 aliphatic rings. The second-order valence-electron chi connectivity index (χ2n) is 6.23. The van der Waals surface area contributed by atoms with Crippen LogP contribution in [0.15, 0.2) is 42.5 Å². The first kappa shape index (κ1) is 16.5. The molecule has 1 heterocycles. The van der Waals surface area contributed by atoms with Crippen LogP contribution in [0.5, 0.6) is 0 Å². The molecule has 0 aliphatic carbocycles. The molecule has 2 aromatic carbocycles. The van der Waals surface area contributed by atoms with Crippen LogP contribution in [0.3, 0.4) is 0 Å². The van der Waals surface area contributed by atoms with Gasteiger partial charge in [-0.25, -0.2) is 0 Å². The van der Waals surface area contributed by atoms with Gasteiger partial charge in [-0.2, -0.15) is 0 Å². The number of rotatable bonds is 4. The van der Waals surface area contributed by atoms with Crippen LogP contribution in [0, 0.1) is 0 Å². The first-order valence-electron chi connectivity index (χ1n) is 8.38. The molecule has 2 amide bonds. The molecule has 3 rings (SSSR count). The van der Waals surface area contributed by atoms with Crippen molar-refractivity contribution in [3.63, 3.8) is 0 Å². The fourth-order valence-corrected chi connectivity index (χ4v) is 3.17. The fourth-order valence-electron chi connectivity index (χ4n) is 3.17. The Bertz CT molecular complexity index is 739. The van der Waals surface area contributed by atoms with E-state index in [1.165, 1.54) is 0 Å². The number of amides is 2. The molecule has 5 heteroatoms. The molecule has 1 aliphatic heterocycles. The molecule has 1 saturated heterocycles. The Kier molecular flexibility index (Phi) is 5.11. The standard InChI is InChI=1S/C19H23N3O2/c1-14-12-20-9-10-22(14)19(24)13-21-18(23)11-16-7-4-6-15-5-2-3-8-17(15)16/h2-8,14,20H,9-13H2,1H3,(H,21,23)/t14-/m0/s1. The second-order valence-corrected chi connectivity index (χ2v) is 6.23.